The first-order valence-corrected chi connectivity index (χ1v) is 3.97. The van der Waals surface area contributed by atoms with Gasteiger partial charge in [-0.1, -0.05) is 0 Å². The van der Waals surface area contributed by atoms with Crippen LogP contribution in [0.3, 0.4) is 0 Å². The van der Waals surface area contributed by atoms with Crippen LogP contribution in [0.15, 0.2) is 6.33 Å². The largest absolute Gasteiger partial charge is 0.319 e. The minimum atomic E-state index is -0.131. The van der Waals surface area contributed by atoms with E-state index in [2.05, 4.69) is 21.0 Å². The summed E-state index contributed by atoms with van der Waals surface area (Å²) in [6.07, 6.45) is 1.61. The van der Waals surface area contributed by atoms with Crippen LogP contribution in [0, 0.1) is 0 Å². The molecule has 0 aliphatic heterocycles. The molecule has 0 fully saturated rings. The fourth-order valence-electron chi connectivity index (χ4n) is 0.959. The lowest BCUT2D eigenvalue weighted by atomic mass is 10.3. The third-order valence-electron chi connectivity index (χ3n) is 1.60. The molecule has 1 aromatic heterocycles. The summed E-state index contributed by atoms with van der Waals surface area (Å²) in [5, 5.41) is 7.62. The predicted molar refractivity (Wildman–Crippen MR) is 46.4 cm³/mol. The standard InChI is InChI=1S/C7H13N5O/c1-5(9-10-6(2)13)7-11-8-4-12(7)3/h4-5,9H,1-3H3,(H,10,13). The molecule has 1 heterocycles. The lowest BCUT2D eigenvalue weighted by Crippen LogP contribution is -2.38. The van der Waals surface area contributed by atoms with Crippen molar-refractivity contribution in [3.63, 3.8) is 0 Å². The molecule has 0 spiro atoms. The van der Waals surface area contributed by atoms with Gasteiger partial charge in [0.2, 0.25) is 5.91 Å². The first-order valence-electron chi connectivity index (χ1n) is 3.97. The second-order valence-electron chi connectivity index (χ2n) is 2.85. The molecule has 0 bridgehead atoms. The number of nitrogens with zero attached hydrogens (tertiary/aromatic N) is 3. The van der Waals surface area contributed by atoms with Crippen molar-refractivity contribution in [1.82, 2.24) is 25.6 Å². The molecule has 0 radical (unpaired) electrons. The van der Waals surface area contributed by atoms with Gasteiger partial charge in [-0.25, -0.2) is 5.43 Å². The van der Waals surface area contributed by atoms with Crippen molar-refractivity contribution < 1.29 is 4.79 Å². The highest BCUT2D eigenvalue weighted by Crippen LogP contribution is 2.04. The average molecular weight is 183 g/mol. The summed E-state index contributed by atoms with van der Waals surface area (Å²) < 4.78 is 1.79. The average Bonchev–Trinajstić information content (AvgIpc) is 2.47. The summed E-state index contributed by atoms with van der Waals surface area (Å²) in [7, 11) is 1.85. The Bertz CT molecular complexity index is 295. The van der Waals surface area contributed by atoms with Gasteiger partial charge in [0.15, 0.2) is 5.82 Å². The number of amides is 1. The molecule has 6 nitrogen and oxygen atoms in total. The molecule has 0 aromatic carbocycles. The first-order chi connectivity index (χ1) is 6.11. The minimum absolute atomic E-state index is 0.0589. The van der Waals surface area contributed by atoms with Gasteiger partial charge in [-0.3, -0.25) is 10.2 Å². The molecule has 6 heteroatoms. The van der Waals surface area contributed by atoms with E-state index in [1.807, 2.05) is 14.0 Å². The molecule has 1 unspecified atom stereocenters. The van der Waals surface area contributed by atoms with E-state index >= 15 is 0 Å². The third kappa shape index (κ3) is 2.51. The molecular weight excluding hydrogens is 170 g/mol. The normalized spacial score (nSPS) is 12.5. The maximum Gasteiger partial charge on any atom is 0.230 e. The molecular formula is C7H13N5O. The van der Waals surface area contributed by atoms with Crippen LogP contribution < -0.4 is 10.9 Å². The molecule has 13 heavy (non-hydrogen) atoms. The number of carbonyl (C=O) groups excluding carboxylic acids is 1. The second-order valence-corrected chi connectivity index (χ2v) is 2.85. The summed E-state index contributed by atoms with van der Waals surface area (Å²) in [6, 6.07) is -0.0589. The first kappa shape index (κ1) is 9.66. The molecule has 2 N–H and O–H groups in total. The van der Waals surface area contributed by atoms with E-state index in [9.17, 15) is 4.79 Å². The number of nitrogens with one attached hydrogen (secondary N) is 2. The van der Waals surface area contributed by atoms with Crippen LogP contribution in [0.4, 0.5) is 0 Å². The molecule has 1 aromatic rings. The van der Waals surface area contributed by atoms with Crippen molar-refractivity contribution in [2.45, 2.75) is 19.9 Å². The molecule has 1 amide bonds. The molecule has 1 rings (SSSR count). The smallest absolute Gasteiger partial charge is 0.230 e. The van der Waals surface area contributed by atoms with Gasteiger partial charge in [-0.15, -0.1) is 10.2 Å². The zero-order valence-electron chi connectivity index (χ0n) is 7.90. The summed E-state index contributed by atoms with van der Waals surface area (Å²) >= 11 is 0. The Hall–Kier alpha value is -1.43. The van der Waals surface area contributed by atoms with Crippen LogP contribution in [0.25, 0.3) is 0 Å². The zero-order valence-corrected chi connectivity index (χ0v) is 7.90. The van der Waals surface area contributed by atoms with Gasteiger partial charge in [0.05, 0.1) is 6.04 Å². The van der Waals surface area contributed by atoms with Crippen LogP contribution in [-0.4, -0.2) is 20.7 Å². The van der Waals surface area contributed by atoms with Gasteiger partial charge < -0.3 is 4.57 Å². The summed E-state index contributed by atoms with van der Waals surface area (Å²) in [4.78, 5) is 10.6. The Morgan fingerprint density at radius 2 is 2.38 bits per heavy atom. The quantitative estimate of drug-likeness (QED) is 0.621. The number of aromatic nitrogens is 3. The van der Waals surface area contributed by atoms with E-state index in [1.165, 1.54) is 6.92 Å². The lowest BCUT2D eigenvalue weighted by molar-refractivity contribution is -0.120. The van der Waals surface area contributed by atoms with E-state index in [4.69, 9.17) is 0 Å². The lowest BCUT2D eigenvalue weighted by Gasteiger charge is -2.12. The molecule has 0 aliphatic rings. The van der Waals surface area contributed by atoms with Crippen molar-refractivity contribution in [3.8, 4) is 0 Å². The van der Waals surface area contributed by atoms with Crippen LogP contribution in [0.2, 0.25) is 0 Å². The van der Waals surface area contributed by atoms with Crippen molar-refractivity contribution in [2.75, 3.05) is 0 Å². The maximum atomic E-state index is 10.6. The van der Waals surface area contributed by atoms with Crippen molar-refractivity contribution >= 4 is 5.91 Å². The van der Waals surface area contributed by atoms with Crippen molar-refractivity contribution in [1.29, 1.82) is 0 Å². The minimum Gasteiger partial charge on any atom is -0.319 e. The predicted octanol–water partition coefficient (Wildman–Crippen LogP) is -0.483. The van der Waals surface area contributed by atoms with Gasteiger partial charge in [0, 0.05) is 14.0 Å². The van der Waals surface area contributed by atoms with Gasteiger partial charge >= 0.3 is 0 Å². The third-order valence-corrected chi connectivity index (χ3v) is 1.60. The number of hydrogen-bond donors (Lipinski definition) is 2. The second kappa shape index (κ2) is 3.99. The van der Waals surface area contributed by atoms with E-state index < -0.39 is 0 Å². The molecule has 72 valence electrons. The van der Waals surface area contributed by atoms with Gasteiger partial charge in [0.1, 0.15) is 6.33 Å². The maximum absolute atomic E-state index is 10.6. The summed E-state index contributed by atoms with van der Waals surface area (Å²) in [5.41, 5.74) is 5.29. The zero-order chi connectivity index (χ0) is 9.84. The van der Waals surface area contributed by atoms with Gasteiger partial charge in [-0.05, 0) is 6.92 Å². The summed E-state index contributed by atoms with van der Waals surface area (Å²) in [6.45, 7) is 3.33. The van der Waals surface area contributed by atoms with E-state index in [-0.39, 0.29) is 11.9 Å². The number of rotatable bonds is 3. The van der Waals surface area contributed by atoms with Gasteiger partial charge in [0.25, 0.3) is 0 Å². The number of aryl methyl sites for hydroxylation is 1. The monoisotopic (exact) mass is 183 g/mol. The van der Waals surface area contributed by atoms with E-state index in [0.717, 1.165) is 5.82 Å². The van der Waals surface area contributed by atoms with Crippen LogP contribution in [0.1, 0.15) is 25.7 Å². The molecule has 0 aliphatic carbocycles. The van der Waals surface area contributed by atoms with Crippen molar-refractivity contribution in [3.05, 3.63) is 12.2 Å². The summed E-state index contributed by atoms with van der Waals surface area (Å²) in [5.74, 6) is 0.641. The van der Waals surface area contributed by atoms with Crippen molar-refractivity contribution in [2.24, 2.45) is 7.05 Å². The number of hydrogen-bond acceptors (Lipinski definition) is 4. The molecule has 0 saturated heterocycles. The van der Waals surface area contributed by atoms with E-state index in [1.54, 1.807) is 10.9 Å². The fraction of sp³-hybridized carbons (Fsp3) is 0.571. The Kier molecular flexibility index (Phi) is 2.97. The highest BCUT2D eigenvalue weighted by Gasteiger charge is 2.10. The number of carbonyl (C=O) groups is 1. The fourth-order valence-corrected chi connectivity index (χ4v) is 0.959. The Morgan fingerprint density at radius 1 is 1.69 bits per heavy atom. The topological polar surface area (TPSA) is 71.8 Å². The highest BCUT2D eigenvalue weighted by molar-refractivity contribution is 5.72. The number of hydrazine groups is 1. The van der Waals surface area contributed by atoms with Crippen LogP contribution in [-0.2, 0) is 11.8 Å². The molecule has 0 saturated carbocycles. The SMILES string of the molecule is CC(=O)NNC(C)c1nncn1C. The highest BCUT2D eigenvalue weighted by atomic mass is 16.2. The molecule has 1 atom stereocenters. The Labute approximate surface area is 76.3 Å². The van der Waals surface area contributed by atoms with E-state index in [0.29, 0.717) is 0 Å². The Morgan fingerprint density at radius 3 is 2.85 bits per heavy atom. The van der Waals surface area contributed by atoms with Gasteiger partial charge in [-0.2, -0.15) is 0 Å². The Balaban J connectivity index is 2.53. The van der Waals surface area contributed by atoms with Crippen LogP contribution >= 0.6 is 0 Å². The van der Waals surface area contributed by atoms with Crippen LogP contribution in [0.5, 0.6) is 0 Å².